The summed E-state index contributed by atoms with van der Waals surface area (Å²) in [4.78, 5) is 25.5. The molecule has 9 heteroatoms. The standard InChI is InChI=1S/C16H18F3NO5/c1-20(11-6-7-24-13(9-11)15(22)23-2)14(21)10-4-3-5-12(8-10)25-16(17,18)19/h3-5,8,11,13H,6-7,9H2,1-2H3/t11-,13+/m1/s1. The maximum Gasteiger partial charge on any atom is 0.573 e. The van der Waals surface area contributed by atoms with Gasteiger partial charge in [-0.05, 0) is 24.6 Å². The lowest BCUT2D eigenvalue weighted by Gasteiger charge is -2.34. The molecular weight excluding hydrogens is 343 g/mol. The monoisotopic (exact) mass is 361 g/mol. The predicted molar refractivity (Wildman–Crippen MR) is 80.0 cm³/mol. The van der Waals surface area contributed by atoms with E-state index in [4.69, 9.17) is 4.74 Å². The summed E-state index contributed by atoms with van der Waals surface area (Å²) in [6, 6.07) is 4.57. The highest BCUT2D eigenvalue weighted by molar-refractivity contribution is 5.94. The molecule has 2 atom stereocenters. The molecule has 0 saturated carbocycles. The third-order valence-corrected chi connectivity index (χ3v) is 3.90. The van der Waals surface area contributed by atoms with E-state index in [2.05, 4.69) is 9.47 Å². The van der Waals surface area contributed by atoms with Gasteiger partial charge in [-0.1, -0.05) is 6.07 Å². The minimum absolute atomic E-state index is 0.0605. The Morgan fingerprint density at radius 3 is 2.68 bits per heavy atom. The van der Waals surface area contributed by atoms with Crippen LogP contribution in [-0.2, 0) is 14.3 Å². The maximum absolute atomic E-state index is 12.5. The molecule has 6 nitrogen and oxygen atoms in total. The minimum Gasteiger partial charge on any atom is -0.467 e. The molecule has 1 saturated heterocycles. The lowest BCUT2D eigenvalue weighted by molar-refractivity contribution is -0.274. The topological polar surface area (TPSA) is 65.1 Å². The number of halogens is 3. The SMILES string of the molecule is COC(=O)[C@@H]1C[C@H](N(C)C(=O)c2cccc(OC(F)(F)F)c2)CCO1. The van der Waals surface area contributed by atoms with Crippen LogP contribution in [0.15, 0.2) is 24.3 Å². The second kappa shape index (κ2) is 7.73. The number of amides is 1. The van der Waals surface area contributed by atoms with Crippen molar-refractivity contribution >= 4 is 11.9 Å². The average Bonchev–Trinajstić information content (AvgIpc) is 2.58. The molecule has 25 heavy (non-hydrogen) atoms. The van der Waals surface area contributed by atoms with Gasteiger partial charge < -0.3 is 19.1 Å². The largest absolute Gasteiger partial charge is 0.573 e. The van der Waals surface area contributed by atoms with Crippen LogP contribution in [0, 0.1) is 0 Å². The number of methoxy groups -OCH3 is 1. The molecule has 1 aromatic rings. The lowest BCUT2D eigenvalue weighted by Crippen LogP contribution is -2.45. The molecule has 1 heterocycles. The van der Waals surface area contributed by atoms with Crippen LogP contribution in [0.2, 0.25) is 0 Å². The van der Waals surface area contributed by atoms with Crippen LogP contribution in [-0.4, -0.2) is 56.0 Å². The number of rotatable bonds is 4. The highest BCUT2D eigenvalue weighted by Crippen LogP contribution is 2.25. The molecule has 1 amide bonds. The van der Waals surface area contributed by atoms with Crippen LogP contribution in [0.5, 0.6) is 5.75 Å². The number of carbonyl (C=O) groups excluding carboxylic acids is 2. The van der Waals surface area contributed by atoms with Gasteiger partial charge in [0.05, 0.1) is 7.11 Å². The average molecular weight is 361 g/mol. The van der Waals surface area contributed by atoms with E-state index in [1.807, 2.05) is 0 Å². The van der Waals surface area contributed by atoms with Gasteiger partial charge in [-0.15, -0.1) is 13.2 Å². The third-order valence-electron chi connectivity index (χ3n) is 3.90. The van der Waals surface area contributed by atoms with Gasteiger partial charge in [0, 0.05) is 31.7 Å². The highest BCUT2D eigenvalue weighted by Gasteiger charge is 2.34. The first-order valence-electron chi connectivity index (χ1n) is 7.53. The van der Waals surface area contributed by atoms with E-state index in [-0.39, 0.29) is 24.6 Å². The predicted octanol–water partition coefficient (Wildman–Crippen LogP) is 2.38. The molecule has 0 unspecified atom stereocenters. The Morgan fingerprint density at radius 2 is 2.04 bits per heavy atom. The van der Waals surface area contributed by atoms with E-state index in [1.165, 1.54) is 31.2 Å². The number of benzene rings is 1. The van der Waals surface area contributed by atoms with Crippen molar-refractivity contribution in [2.75, 3.05) is 20.8 Å². The molecule has 1 aromatic carbocycles. The van der Waals surface area contributed by atoms with E-state index in [0.717, 1.165) is 12.1 Å². The number of alkyl halides is 3. The second-order valence-electron chi connectivity index (χ2n) is 5.55. The first kappa shape index (κ1) is 19.0. The van der Waals surface area contributed by atoms with Gasteiger partial charge in [-0.3, -0.25) is 4.79 Å². The molecule has 0 N–H and O–H groups in total. The van der Waals surface area contributed by atoms with Gasteiger partial charge in [-0.25, -0.2) is 4.79 Å². The molecule has 0 aliphatic carbocycles. The number of ether oxygens (including phenoxy) is 3. The summed E-state index contributed by atoms with van der Waals surface area (Å²) in [5.74, 6) is -1.46. The Hall–Kier alpha value is -2.29. The molecule has 2 rings (SSSR count). The van der Waals surface area contributed by atoms with Crippen molar-refractivity contribution in [3.05, 3.63) is 29.8 Å². The molecule has 138 valence electrons. The smallest absolute Gasteiger partial charge is 0.467 e. The van der Waals surface area contributed by atoms with Gasteiger partial charge in [0.15, 0.2) is 6.10 Å². The van der Waals surface area contributed by atoms with Crippen molar-refractivity contribution in [3.63, 3.8) is 0 Å². The maximum atomic E-state index is 12.5. The first-order chi connectivity index (χ1) is 11.7. The number of nitrogens with zero attached hydrogens (tertiary/aromatic N) is 1. The second-order valence-corrected chi connectivity index (χ2v) is 5.55. The molecule has 0 bridgehead atoms. The van der Waals surface area contributed by atoms with Crippen molar-refractivity contribution in [1.29, 1.82) is 0 Å². The van der Waals surface area contributed by atoms with Gasteiger partial charge in [0.25, 0.3) is 5.91 Å². The number of hydrogen-bond donors (Lipinski definition) is 0. The molecule has 0 spiro atoms. The Bertz CT molecular complexity index is 634. The summed E-state index contributed by atoms with van der Waals surface area (Å²) < 4.78 is 50.7. The van der Waals surface area contributed by atoms with Crippen LogP contribution in [0.3, 0.4) is 0 Å². The molecular formula is C16H18F3NO5. The van der Waals surface area contributed by atoms with Crippen molar-refractivity contribution < 1.29 is 37.0 Å². The van der Waals surface area contributed by atoms with Crippen LogP contribution in [0.1, 0.15) is 23.2 Å². The quantitative estimate of drug-likeness (QED) is 0.771. The number of hydrogen-bond acceptors (Lipinski definition) is 5. The van der Waals surface area contributed by atoms with Crippen LogP contribution in [0.25, 0.3) is 0 Å². The zero-order valence-corrected chi connectivity index (χ0v) is 13.7. The Labute approximate surface area is 142 Å². The number of carbonyl (C=O) groups is 2. The highest BCUT2D eigenvalue weighted by atomic mass is 19.4. The third kappa shape index (κ3) is 5.09. The van der Waals surface area contributed by atoms with Gasteiger partial charge in [0.2, 0.25) is 0 Å². The van der Waals surface area contributed by atoms with E-state index < -0.39 is 30.1 Å². The van der Waals surface area contributed by atoms with Crippen molar-refractivity contribution in [1.82, 2.24) is 4.90 Å². The summed E-state index contributed by atoms with van der Waals surface area (Å²) in [5, 5.41) is 0. The summed E-state index contributed by atoms with van der Waals surface area (Å²) in [6.07, 6.45) is -4.83. The summed E-state index contributed by atoms with van der Waals surface area (Å²) in [6.45, 7) is 0.277. The van der Waals surface area contributed by atoms with E-state index in [0.29, 0.717) is 6.42 Å². The van der Waals surface area contributed by atoms with Crippen molar-refractivity contribution in [2.24, 2.45) is 0 Å². The fourth-order valence-corrected chi connectivity index (χ4v) is 2.62. The molecule has 0 aromatic heterocycles. The van der Waals surface area contributed by atoms with Crippen LogP contribution < -0.4 is 4.74 Å². The summed E-state index contributed by atoms with van der Waals surface area (Å²) >= 11 is 0. The number of esters is 1. The van der Waals surface area contributed by atoms with Crippen molar-refractivity contribution in [2.45, 2.75) is 31.3 Å². The van der Waals surface area contributed by atoms with E-state index in [1.54, 1.807) is 0 Å². The molecule has 1 aliphatic heterocycles. The fourth-order valence-electron chi connectivity index (χ4n) is 2.62. The Balaban J connectivity index is 2.09. The van der Waals surface area contributed by atoms with Gasteiger partial charge in [0.1, 0.15) is 5.75 Å². The van der Waals surface area contributed by atoms with Crippen LogP contribution >= 0.6 is 0 Å². The normalized spacial score (nSPS) is 20.7. The van der Waals surface area contributed by atoms with Gasteiger partial charge >= 0.3 is 12.3 Å². The molecule has 1 aliphatic rings. The molecule has 0 radical (unpaired) electrons. The van der Waals surface area contributed by atoms with E-state index in [9.17, 15) is 22.8 Å². The summed E-state index contributed by atoms with van der Waals surface area (Å²) in [7, 11) is 2.78. The molecule has 1 fully saturated rings. The minimum atomic E-state index is -4.83. The van der Waals surface area contributed by atoms with Crippen molar-refractivity contribution in [3.8, 4) is 5.75 Å². The Kier molecular flexibility index (Phi) is 5.89. The fraction of sp³-hybridized carbons (Fsp3) is 0.500. The first-order valence-corrected chi connectivity index (χ1v) is 7.53. The van der Waals surface area contributed by atoms with Gasteiger partial charge in [-0.2, -0.15) is 0 Å². The summed E-state index contributed by atoms with van der Waals surface area (Å²) in [5.41, 5.74) is 0.0605. The van der Waals surface area contributed by atoms with Crippen LogP contribution in [0.4, 0.5) is 13.2 Å². The zero-order chi connectivity index (χ0) is 18.6. The van der Waals surface area contributed by atoms with E-state index >= 15 is 0 Å². The Morgan fingerprint density at radius 1 is 1.32 bits per heavy atom. The zero-order valence-electron chi connectivity index (χ0n) is 13.7. The lowest BCUT2D eigenvalue weighted by atomic mass is 10.0.